The summed E-state index contributed by atoms with van der Waals surface area (Å²) in [7, 11) is 0. The van der Waals surface area contributed by atoms with Crippen molar-refractivity contribution in [3.8, 4) is 0 Å². The standard InChI is InChI=1S/C12H13F3N2O/c13-12(14,15)8-3-1-7(2-4-8)11-9(16)5-6-10(18)17-11/h1-4,9,11H,5-6,16H2,(H,17,18)/t9-,11-/m0/s1. The summed E-state index contributed by atoms with van der Waals surface area (Å²) < 4.78 is 37.2. The second-order valence-electron chi connectivity index (χ2n) is 4.37. The molecule has 0 unspecified atom stereocenters. The molecule has 1 heterocycles. The highest BCUT2D eigenvalue weighted by Gasteiger charge is 2.31. The van der Waals surface area contributed by atoms with Crippen LogP contribution in [0, 0.1) is 0 Å². The lowest BCUT2D eigenvalue weighted by Crippen LogP contribution is -2.45. The van der Waals surface area contributed by atoms with Crippen molar-refractivity contribution >= 4 is 5.91 Å². The summed E-state index contributed by atoms with van der Waals surface area (Å²) in [5, 5.41) is 2.70. The quantitative estimate of drug-likeness (QED) is 0.809. The first kappa shape index (κ1) is 12.9. The van der Waals surface area contributed by atoms with E-state index in [0.717, 1.165) is 12.1 Å². The first-order valence-electron chi connectivity index (χ1n) is 5.60. The second-order valence-corrected chi connectivity index (χ2v) is 4.37. The fourth-order valence-corrected chi connectivity index (χ4v) is 2.03. The molecule has 1 amide bonds. The molecule has 0 spiro atoms. The lowest BCUT2D eigenvalue weighted by Gasteiger charge is -2.30. The summed E-state index contributed by atoms with van der Waals surface area (Å²) >= 11 is 0. The molecule has 1 aliphatic rings. The molecule has 2 atom stereocenters. The summed E-state index contributed by atoms with van der Waals surface area (Å²) in [6.45, 7) is 0. The van der Waals surface area contributed by atoms with E-state index in [2.05, 4.69) is 5.32 Å². The van der Waals surface area contributed by atoms with E-state index in [1.54, 1.807) is 0 Å². The van der Waals surface area contributed by atoms with Gasteiger partial charge in [-0.05, 0) is 24.1 Å². The number of carbonyl (C=O) groups excluding carboxylic acids is 1. The number of halogens is 3. The topological polar surface area (TPSA) is 55.1 Å². The Bertz CT molecular complexity index is 442. The first-order chi connectivity index (χ1) is 8.38. The minimum Gasteiger partial charge on any atom is -0.348 e. The van der Waals surface area contributed by atoms with Crippen LogP contribution in [-0.2, 0) is 11.0 Å². The molecule has 2 rings (SSSR count). The van der Waals surface area contributed by atoms with Crippen LogP contribution >= 0.6 is 0 Å². The van der Waals surface area contributed by atoms with Crippen LogP contribution in [0.4, 0.5) is 13.2 Å². The van der Waals surface area contributed by atoms with Gasteiger partial charge in [0.05, 0.1) is 11.6 Å². The van der Waals surface area contributed by atoms with Crippen LogP contribution in [0.5, 0.6) is 0 Å². The van der Waals surface area contributed by atoms with Gasteiger partial charge in [0, 0.05) is 12.5 Å². The highest BCUT2D eigenvalue weighted by atomic mass is 19.4. The third-order valence-corrected chi connectivity index (χ3v) is 3.05. The van der Waals surface area contributed by atoms with Gasteiger partial charge in [-0.15, -0.1) is 0 Å². The molecule has 1 aliphatic heterocycles. The van der Waals surface area contributed by atoms with Gasteiger partial charge in [-0.1, -0.05) is 12.1 Å². The van der Waals surface area contributed by atoms with Crippen LogP contribution in [-0.4, -0.2) is 11.9 Å². The zero-order chi connectivity index (χ0) is 13.3. The van der Waals surface area contributed by atoms with Crippen molar-refractivity contribution in [2.45, 2.75) is 31.1 Å². The zero-order valence-electron chi connectivity index (χ0n) is 9.50. The monoisotopic (exact) mass is 258 g/mol. The number of amides is 1. The Morgan fingerprint density at radius 1 is 1.22 bits per heavy atom. The summed E-state index contributed by atoms with van der Waals surface area (Å²) in [5.41, 5.74) is 5.75. The number of hydrogen-bond acceptors (Lipinski definition) is 2. The molecule has 1 aromatic rings. The minimum absolute atomic E-state index is 0.124. The molecule has 1 saturated heterocycles. The lowest BCUT2D eigenvalue weighted by atomic mass is 9.92. The molecule has 3 N–H and O–H groups in total. The van der Waals surface area contributed by atoms with Crippen LogP contribution in [0.1, 0.15) is 30.0 Å². The number of rotatable bonds is 1. The number of alkyl halides is 3. The van der Waals surface area contributed by atoms with Crippen LogP contribution in [0.15, 0.2) is 24.3 Å². The zero-order valence-corrected chi connectivity index (χ0v) is 9.50. The molecule has 18 heavy (non-hydrogen) atoms. The van der Waals surface area contributed by atoms with E-state index in [1.807, 2.05) is 0 Å². The molecule has 98 valence electrons. The Morgan fingerprint density at radius 3 is 2.39 bits per heavy atom. The molecular formula is C12H13F3N2O. The number of nitrogens with one attached hydrogen (secondary N) is 1. The largest absolute Gasteiger partial charge is 0.416 e. The maximum Gasteiger partial charge on any atom is 0.416 e. The van der Waals surface area contributed by atoms with Crippen LogP contribution in [0.2, 0.25) is 0 Å². The van der Waals surface area contributed by atoms with Crippen LogP contribution in [0.3, 0.4) is 0 Å². The average Bonchev–Trinajstić information content (AvgIpc) is 2.31. The van der Waals surface area contributed by atoms with Crippen molar-refractivity contribution in [1.29, 1.82) is 0 Å². The van der Waals surface area contributed by atoms with E-state index in [4.69, 9.17) is 5.73 Å². The Labute approximate surface area is 102 Å². The number of carbonyl (C=O) groups is 1. The molecule has 0 bridgehead atoms. The SMILES string of the molecule is N[C@H]1CCC(=O)N[C@H]1c1ccc(C(F)(F)F)cc1. The smallest absolute Gasteiger partial charge is 0.348 e. The Balaban J connectivity index is 2.21. The molecule has 1 aromatic carbocycles. The Kier molecular flexibility index (Phi) is 3.30. The number of benzene rings is 1. The van der Waals surface area contributed by atoms with Crippen molar-refractivity contribution < 1.29 is 18.0 Å². The van der Waals surface area contributed by atoms with Crippen molar-refractivity contribution in [1.82, 2.24) is 5.32 Å². The van der Waals surface area contributed by atoms with Gasteiger partial charge in [0.15, 0.2) is 0 Å². The number of nitrogens with two attached hydrogens (primary N) is 1. The fourth-order valence-electron chi connectivity index (χ4n) is 2.03. The lowest BCUT2D eigenvalue weighted by molar-refractivity contribution is -0.137. The van der Waals surface area contributed by atoms with E-state index < -0.39 is 17.8 Å². The highest BCUT2D eigenvalue weighted by Crippen LogP contribution is 2.31. The van der Waals surface area contributed by atoms with Crippen molar-refractivity contribution in [3.05, 3.63) is 35.4 Å². The fraction of sp³-hybridized carbons (Fsp3) is 0.417. The molecule has 0 aliphatic carbocycles. The predicted molar refractivity (Wildman–Crippen MR) is 59.5 cm³/mol. The molecular weight excluding hydrogens is 245 g/mol. The number of piperidine rings is 1. The van der Waals surface area contributed by atoms with Gasteiger partial charge < -0.3 is 11.1 Å². The summed E-state index contributed by atoms with van der Waals surface area (Å²) in [4.78, 5) is 11.3. The Morgan fingerprint density at radius 2 is 1.83 bits per heavy atom. The predicted octanol–water partition coefficient (Wildman–Crippen LogP) is 1.98. The molecule has 0 aromatic heterocycles. The summed E-state index contributed by atoms with van der Waals surface area (Å²) in [5.74, 6) is -0.124. The Hall–Kier alpha value is -1.56. The van der Waals surface area contributed by atoms with Gasteiger partial charge in [-0.2, -0.15) is 13.2 Å². The van der Waals surface area contributed by atoms with Gasteiger partial charge in [-0.3, -0.25) is 4.79 Å². The van der Waals surface area contributed by atoms with Gasteiger partial charge in [0.25, 0.3) is 0 Å². The van der Waals surface area contributed by atoms with Crippen LogP contribution < -0.4 is 11.1 Å². The van der Waals surface area contributed by atoms with Gasteiger partial charge >= 0.3 is 6.18 Å². The third kappa shape index (κ3) is 2.64. The van der Waals surface area contributed by atoms with E-state index in [1.165, 1.54) is 12.1 Å². The molecule has 0 saturated carbocycles. The molecule has 6 heteroatoms. The van der Waals surface area contributed by atoms with Gasteiger partial charge in [0.2, 0.25) is 5.91 Å². The van der Waals surface area contributed by atoms with Crippen molar-refractivity contribution in [3.63, 3.8) is 0 Å². The van der Waals surface area contributed by atoms with Crippen molar-refractivity contribution in [2.24, 2.45) is 5.73 Å². The third-order valence-electron chi connectivity index (χ3n) is 3.05. The van der Waals surface area contributed by atoms with E-state index in [-0.39, 0.29) is 11.9 Å². The highest BCUT2D eigenvalue weighted by molar-refractivity contribution is 5.77. The number of hydrogen-bond donors (Lipinski definition) is 2. The average molecular weight is 258 g/mol. The van der Waals surface area contributed by atoms with E-state index >= 15 is 0 Å². The minimum atomic E-state index is -4.35. The second kappa shape index (κ2) is 4.61. The maximum atomic E-state index is 12.4. The normalized spacial score (nSPS) is 24.8. The van der Waals surface area contributed by atoms with Crippen LogP contribution in [0.25, 0.3) is 0 Å². The molecule has 1 fully saturated rings. The summed E-state index contributed by atoms with van der Waals surface area (Å²) in [6, 6.07) is 4.05. The van der Waals surface area contributed by atoms with Gasteiger partial charge in [-0.25, -0.2) is 0 Å². The maximum absolute atomic E-state index is 12.4. The van der Waals surface area contributed by atoms with Crippen molar-refractivity contribution in [2.75, 3.05) is 0 Å². The molecule has 3 nitrogen and oxygen atoms in total. The first-order valence-corrected chi connectivity index (χ1v) is 5.60. The summed E-state index contributed by atoms with van der Waals surface area (Å²) in [6.07, 6.45) is -3.45. The van der Waals surface area contributed by atoms with E-state index in [0.29, 0.717) is 18.4 Å². The van der Waals surface area contributed by atoms with Gasteiger partial charge in [0.1, 0.15) is 0 Å². The van der Waals surface area contributed by atoms with E-state index in [9.17, 15) is 18.0 Å². The molecule has 0 radical (unpaired) electrons.